The van der Waals surface area contributed by atoms with Crippen LogP contribution in [0.15, 0.2) is 48.0 Å². The number of aliphatic hydroxyl groups is 1. The Hall–Kier alpha value is -3.36. The highest BCUT2D eigenvalue weighted by Gasteiger charge is 2.46. The van der Waals surface area contributed by atoms with Crippen LogP contribution in [-0.2, 0) is 19.1 Å². The molecule has 0 aliphatic carbocycles. The van der Waals surface area contributed by atoms with Gasteiger partial charge in [-0.05, 0) is 35.9 Å². The number of ether oxygens (including phenoxy) is 3. The molecule has 0 bridgehead atoms. The third kappa shape index (κ3) is 4.61. The minimum absolute atomic E-state index is 0.101. The van der Waals surface area contributed by atoms with E-state index in [4.69, 9.17) is 25.8 Å². The van der Waals surface area contributed by atoms with E-state index >= 15 is 0 Å². The molecule has 0 spiro atoms. The average molecular weight is 460 g/mol. The lowest BCUT2D eigenvalue weighted by atomic mass is 9.95. The molecule has 2 aromatic carbocycles. The molecule has 1 unspecified atom stereocenters. The molecule has 1 saturated heterocycles. The van der Waals surface area contributed by atoms with Crippen LogP contribution >= 0.6 is 11.6 Å². The van der Waals surface area contributed by atoms with Gasteiger partial charge in [0.1, 0.15) is 17.3 Å². The molecular formula is C23H22ClNO7. The summed E-state index contributed by atoms with van der Waals surface area (Å²) in [4.78, 5) is 38.5. The van der Waals surface area contributed by atoms with E-state index in [1.807, 2.05) is 0 Å². The lowest BCUT2D eigenvalue weighted by molar-refractivity contribution is -0.140. The number of esters is 1. The topological polar surface area (TPSA) is 102 Å². The molecule has 0 saturated carbocycles. The van der Waals surface area contributed by atoms with Gasteiger partial charge in [0.05, 0.1) is 30.4 Å². The Morgan fingerprint density at radius 3 is 2.56 bits per heavy atom. The molecule has 1 atom stereocenters. The molecular weight excluding hydrogens is 438 g/mol. The van der Waals surface area contributed by atoms with Crippen LogP contribution in [0, 0.1) is 0 Å². The summed E-state index contributed by atoms with van der Waals surface area (Å²) in [6.07, 6.45) is 0. The fourth-order valence-electron chi connectivity index (χ4n) is 3.52. The molecule has 1 aliphatic rings. The molecule has 168 valence electrons. The Kier molecular flexibility index (Phi) is 7.17. The van der Waals surface area contributed by atoms with E-state index in [1.165, 1.54) is 44.2 Å². The van der Waals surface area contributed by atoms with Crippen molar-refractivity contribution in [3.8, 4) is 11.5 Å². The number of likely N-dealkylation sites (tertiary alicyclic amines) is 1. The molecule has 2 aromatic rings. The largest absolute Gasteiger partial charge is 0.507 e. The summed E-state index contributed by atoms with van der Waals surface area (Å²) in [7, 11) is 2.90. The number of Topliss-reactive ketones (excluding diaryl/α,β-unsaturated/α-hetero) is 1. The van der Waals surface area contributed by atoms with Gasteiger partial charge in [0.25, 0.3) is 11.7 Å². The minimum atomic E-state index is -0.915. The number of halogens is 1. The van der Waals surface area contributed by atoms with Crippen LogP contribution in [0.4, 0.5) is 0 Å². The molecule has 1 fully saturated rings. The van der Waals surface area contributed by atoms with Gasteiger partial charge < -0.3 is 24.2 Å². The zero-order valence-electron chi connectivity index (χ0n) is 17.8. The van der Waals surface area contributed by atoms with E-state index in [0.29, 0.717) is 16.3 Å². The number of methoxy groups -OCH3 is 2. The van der Waals surface area contributed by atoms with E-state index < -0.39 is 23.7 Å². The smallest absolute Gasteiger partial charge is 0.308 e. The van der Waals surface area contributed by atoms with Crippen molar-refractivity contribution >= 4 is 35.0 Å². The van der Waals surface area contributed by atoms with Crippen molar-refractivity contribution in [1.82, 2.24) is 4.90 Å². The van der Waals surface area contributed by atoms with Gasteiger partial charge in [-0.2, -0.15) is 0 Å². The van der Waals surface area contributed by atoms with Crippen LogP contribution in [0.3, 0.4) is 0 Å². The Morgan fingerprint density at radius 2 is 1.91 bits per heavy atom. The van der Waals surface area contributed by atoms with E-state index in [9.17, 15) is 19.5 Å². The maximum atomic E-state index is 13.0. The van der Waals surface area contributed by atoms with E-state index in [2.05, 4.69) is 0 Å². The number of aliphatic hydroxyl groups excluding tert-OH is 1. The van der Waals surface area contributed by atoms with Gasteiger partial charge >= 0.3 is 5.97 Å². The first-order valence-electron chi connectivity index (χ1n) is 9.68. The minimum Gasteiger partial charge on any atom is -0.507 e. The van der Waals surface area contributed by atoms with Crippen molar-refractivity contribution in [3.05, 3.63) is 64.2 Å². The van der Waals surface area contributed by atoms with Crippen LogP contribution in [0.1, 0.15) is 24.1 Å². The Morgan fingerprint density at radius 1 is 1.16 bits per heavy atom. The summed E-state index contributed by atoms with van der Waals surface area (Å²) >= 11 is 6.07. The fraction of sp³-hybridized carbons (Fsp3) is 0.261. The van der Waals surface area contributed by atoms with E-state index in [1.54, 1.807) is 24.3 Å². The quantitative estimate of drug-likeness (QED) is 0.223. The zero-order chi connectivity index (χ0) is 23.4. The number of hydrogen-bond acceptors (Lipinski definition) is 7. The number of benzene rings is 2. The predicted molar refractivity (Wildman–Crippen MR) is 117 cm³/mol. The van der Waals surface area contributed by atoms with Gasteiger partial charge in [0, 0.05) is 26.1 Å². The highest BCUT2D eigenvalue weighted by molar-refractivity contribution is 6.46. The lowest BCUT2D eigenvalue weighted by Gasteiger charge is -2.25. The Bertz CT molecular complexity index is 1100. The van der Waals surface area contributed by atoms with Crippen molar-refractivity contribution in [1.29, 1.82) is 0 Å². The maximum Gasteiger partial charge on any atom is 0.308 e. The van der Waals surface area contributed by atoms with Crippen LogP contribution < -0.4 is 9.47 Å². The molecule has 1 N–H and O–H groups in total. The second kappa shape index (κ2) is 9.84. The van der Waals surface area contributed by atoms with Crippen LogP contribution in [0.25, 0.3) is 5.76 Å². The van der Waals surface area contributed by atoms with Gasteiger partial charge in [-0.1, -0.05) is 23.7 Å². The van der Waals surface area contributed by atoms with E-state index in [-0.39, 0.29) is 35.8 Å². The number of rotatable bonds is 7. The molecule has 0 aromatic heterocycles. The van der Waals surface area contributed by atoms with Crippen molar-refractivity contribution in [2.75, 3.05) is 27.4 Å². The summed E-state index contributed by atoms with van der Waals surface area (Å²) < 4.78 is 15.4. The predicted octanol–water partition coefficient (Wildman–Crippen LogP) is 3.34. The van der Waals surface area contributed by atoms with Crippen molar-refractivity contribution in [2.45, 2.75) is 13.0 Å². The molecule has 8 nitrogen and oxygen atoms in total. The Labute approximate surface area is 189 Å². The molecule has 1 heterocycles. The van der Waals surface area contributed by atoms with Crippen LogP contribution in [0.2, 0.25) is 5.02 Å². The van der Waals surface area contributed by atoms with Crippen molar-refractivity contribution in [2.24, 2.45) is 0 Å². The summed E-state index contributed by atoms with van der Waals surface area (Å²) in [5, 5.41) is 11.4. The number of nitrogens with zero attached hydrogens (tertiary/aromatic N) is 1. The summed E-state index contributed by atoms with van der Waals surface area (Å²) in [6, 6.07) is 10.1. The first-order chi connectivity index (χ1) is 15.3. The Balaban J connectivity index is 2.18. The molecule has 1 aliphatic heterocycles. The highest BCUT2D eigenvalue weighted by atomic mass is 35.5. The summed E-state index contributed by atoms with van der Waals surface area (Å²) in [6.45, 7) is 1.57. The third-order valence-electron chi connectivity index (χ3n) is 4.94. The first-order valence-corrected chi connectivity index (χ1v) is 10.1. The zero-order valence-corrected chi connectivity index (χ0v) is 18.5. The standard InChI is InChI=1S/C23H22ClNO7/c1-13(26)32-16-6-4-5-14(11-16)20-19(22(28)23(29)25(20)9-10-30-2)21(27)15-7-8-17(24)18(12-15)31-3/h4-8,11-12,20,27H,9-10H2,1-3H3/b21-19-. The van der Waals surface area contributed by atoms with Crippen LogP contribution in [-0.4, -0.2) is 55.0 Å². The summed E-state index contributed by atoms with van der Waals surface area (Å²) in [5.74, 6) is -1.94. The molecule has 9 heteroatoms. The fourth-order valence-corrected chi connectivity index (χ4v) is 3.72. The number of carbonyl (C=O) groups excluding carboxylic acids is 3. The van der Waals surface area contributed by atoms with Crippen molar-refractivity contribution in [3.63, 3.8) is 0 Å². The van der Waals surface area contributed by atoms with E-state index in [0.717, 1.165) is 0 Å². The first kappa shape index (κ1) is 23.3. The van der Waals surface area contributed by atoms with Gasteiger partial charge in [-0.15, -0.1) is 0 Å². The molecule has 3 rings (SSSR count). The lowest BCUT2D eigenvalue weighted by Crippen LogP contribution is -2.32. The molecule has 0 radical (unpaired) electrons. The number of hydrogen-bond donors (Lipinski definition) is 1. The summed E-state index contributed by atoms with van der Waals surface area (Å²) in [5.41, 5.74) is 0.647. The number of carbonyl (C=O) groups is 3. The van der Waals surface area contributed by atoms with Gasteiger partial charge in [-0.3, -0.25) is 14.4 Å². The van der Waals surface area contributed by atoms with Crippen LogP contribution in [0.5, 0.6) is 11.5 Å². The number of amides is 1. The number of ketones is 1. The second-order valence-electron chi connectivity index (χ2n) is 7.00. The van der Waals surface area contributed by atoms with Gasteiger partial charge in [0.2, 0.25) is 0 Å². The normalized spacial score (nSPS) is 17.5. The van der Waals surface area contributed by atoms with Gasteiger partial charge in [-0.25, -0.2) is 0 Å². The maximum absolute atomic E-state index is 13.0. The van der Waals surface area contributed by atoms with Crippen molar-refractivity contribution < 1.29 is 33.7 Å². The highest BCUT2D eigenvalue weighted by Crippen LogP contribution is 2.41. The third-order valence-corrected chi connectivity index (χ3v) is 5.25. The molecule has 1 amide bonds. The monoisotopic (exact) mass is 459 g/mol. The second-order valence-corrected chi connectivity index (χ2v) is 7.41. The van der Waals surface area contributed by atoms with Gasteiger partial charge in [0.15, 0.2) is 0 Å². The molecule has 32 heavy (non-hydrogen) atoms. The average Bonchev–Trinajstić information content (AvgIpc) is 3.02. The SMILES string of the molecule is COCCN1C(=O)C(=O)/C(=C(\O)c2ccc(Cl)c(OC)c2)C1c1cccc(OC(C)=O)c1.